The molecule has 1 saturated carbocycles. The van der Waals surface area contributed by atoms with Gasteiger partial charge in [0.2, 0.25) is 0 Å². The number of anilines is 1. The highest BCUT2D eigenvalue weighted by molar-refractivity contribution is 6.30. The molecule has 0 aliphatic heterocycles. The Kier molecular flexibility index (Phi) is 4.45. The maximum Gasteiger partial charge on any atom is 0.146 e. The number of hydrogen-bond acceptors (Lipinski definition) is 1. The lowest BCUT2D eigenvalue weighted by Gasteiger charge is -2.30. The molecule has 0 spiro atoms. The van der Waals surface area contributed by atoms with Crippen molar-refractivity contribution in [3.63, 3.8) is 0 Å². The van der Waals surface area contributed by atoms with Gasteiger partial charge in [0.05, 0.1) is 5.69 Å². The Bertz CT molecular complexity index is 591. The van der Waals surface area contributed by atoms with Gasteiger partial charge >= 0.3 is 0 Å². The monoisotopic (exact) mass is 303 g/mol. The summed E-state index contributed by atoms with van der Waals surface area (Å²) in [6.45, 7) is 0. The van der Waals surface area contributed by atoms with Crippen molar-refractivity contribution in [2.24, 2.45) is 0 Å². The molecule has 2 aromatic carbocycles. The summed E-state index contributed by atoms with van der Waals surface area (Å²) < 4.78 is 13.7. The number of hydrogen-bond donors (Lipinski definition) is 1. The maximum absolute atomic E-state index is 13.7. The molecule has 0 amide bonds. The van der Waals surface area contributed by atoms with Gasteiger partial charge in [0.15, 0.2) is 0 Å². The zero-order chi connectivity index (χ0) is 14.7. The Balaban J connectivity index is 1.60. The van der Waals surface area contributed by atoms with E-state index in [1.54, 1.807) is 12.1 Å². The molecule has 0 bridgehead atoms. The molecular weight excluding hydrogens is 285 g/mol. The van der Waals surface area contributed by atoms with E-state index < -0.39 is 0 Å². The Labute approximate surface area is 130 Å². The standard InChI is InChI=1S/C18H19ClFN/c19-15-8-11-17(20)18(12-15)21-16-9-6-14(7-10-16)13-4-2-1-3-5-13/h1-5,8,11-12,14,16,21H,6-7,9-10H2. The van der Waals surface area contributed by atoms with Crippen LogP contribution in [0, 0.1) is 5.82 Å². The van der Waals surface area contributed by atoms with Crippen LogP contribution in [0.2, 0.25) is 5.02 Å². The van der Waals surface area contributed by atoms with Crippen LogP contribution in [0.3, 0.4) is 0 Å². The Morgan fingerprint density at radius 2 is 1.67 bits per heavy atom. The Morgan fingerprint density at radius 3 is 2.38 bits per heavy atom. The van der Waals surface area contributed by atoms with Gasteiger partial charge in [-0.25, -0.2) is 4.39 Å². The number of halogens is 2. The van der Waals surface area contributed by atoms with Crippen LogP contribution in [0.15, 0.2) is 48.5 Å². The van der Waals surface area contributed by atoms with E-state index in [1.165, 1.54) is 11.6 Å². The normalized spacial score (nSPS) is 22.0. The van der Waals surface area contributed by atoms with Gasteiger partial charge in [0, 0.05) is 11.1 Å². The smallest absolute Gasteiger partial charge is 0.146 e. The molecule has 0 aromatic heterocycles. The van der Waals surface area contributed by atoms with Crippen molar-refractivity contribution in [1.29, 1.82) is 0 Å². The van der Waals surface area contributed by atoms with Crippen molar-refractivity contribution in [3.05, 3.63) is 64.9 Å². The predicted molar refractivity (Wildman–Crippen MR) is 86.5 cm³/mol. The first-order valence-electron chi connectivity index (χ1n) is 7.49. The van der Waals surface area contributed by atoms with Gasteiger partial charge in [0.25, 0.3) is 0 Å². The summed E-state index contributed by atoms with van der Waals surface area (Å²) in [6, 6.07) is 15.7. The minimum atomic E-state index is -0.232. The number of rotatable bonds is 3. The lowest BCUT2D eigenvalue weighted by molar-refractivity contribution is 0.411. The van der Waals surface area contributed by atoms with Crippen LogP contribution < -0.4 is 5.32 Å². The zero-order valence-electron chi connectivity index (χ0n) is 11.9. The summed E-state index contributed by atoms with van der Waals surface area (Å²) in [4.78, 5) is 0. The third-order valence-electron chi connectivity index (χ3n) is 4.29. The van der Waals surface area contributed by atoms with E-state index >= 15 is 0 Å². The first-order valence-corrected chi connectivity index (χ1v) is 7.86. The SMILES string of the molecule is Fc1ccc(Cl)cc1NC1CCC(c2ccccc2)CC1. The van der Waals surface area contributed by atoms with E-state index in [1.807, 2.05) is 0 Å². The summed E-state index contributed by atoms with van der Waals surface area (Å²) in [5, 5.41) is 3.87. The fourth-order valence-electron chi connectivity index (χ4n) is 3.12. The van der Waals surface area contributed by atoms with E-state index in [0.717, 1.165) is 25.7 Å². The van der Waals surface area contributed by atoms with Gasteiger partial charge in [0.1, 0.15) is 5.82 Å². The van der Waals surface area contributed by atoms with Crippen molar-refractivity contribution >= 4 is 17.3 Å². The topological polar surface area (TPSA) is 12.0 Å². The molecule has 1 fully saturated rings. The molecule has 2 aromatic rings. The molecule has 0 atom stereocenters. The minimum Gasteiger partial charge on any atom is -0.380 e. The first-order chi connectivity index (χ1) is 10.2. The molecule has 0 saturated heterocycles. The molecule has 3 rings (SSSR count). The fourth-order valence-corrected chi connectivity index (χ4v) is 3.30. The second-order valence-corrected chi connectivity index (χ2v) is 6.16. The zero-order valence-corrected chi connectivity index (χ0v) is 12.6. The van der Waals surface area contributed by atoms with Crippen molar-refractivity contribution in [2.45, 2.75) is 37.6 Å². The molecule has 3 heteroatoms. The highest BCUT2D eigenvalue weighted by Gasteiger charge is 2.22. The van der Waals surface area contributed by atoms with Crippen LogP contribution in [-0.4, -0.2) is 6.04 Å². The lowest BCUT2D eigenvalue weighted by atomic mass is 9.82. The van der Waals surface area contributed by atoms with Crippen LogP contribution >= 0.6 is 11.6 Å². The second-order valence-electron chi connectivity index (χ2n) is 5.73. The molecule has 1 nitrogen and oxygen atoms in total. The average Bonchev–Trinajstić information content (AvgIpc) is 2.53. The van der Waals surface area contributed by atoms with E-state index in [2.05, 4.69) is 35.6 Å². The van der Waals surface area contributed by atoms with Crippen LogP contribution in [0.1, 0.15) is 37.2 Å². The van der Waals surface area contributed by atoms with E-state index in [-0.39, 0.29) is 5.82 Å². The summed E-state index contributed by atoms with van der Waals surface area (Å²) in [5.41, 5.74) is 1.94. The van der Waals surface area contributed by atoms with Crippen LogP contribution in [-0.2, 0) is 0 Å². The molecule has 0 unspecified atom stereocenters. The van der Waals surface area contributed by atoms with Crippen molar-refractivity contribution < 1.29 is 4.39 Å². The maximum atomic E-state index is 13.7. The molecule has 110 valence electrons. The number of benzene rings is 2. The predicted octanol–water partition coefficient (Wildman–Crippen LogP) is 5.62. The van der Waals surface area contributed by atoms with Crippen molar-refractivity contribution in [1.82, 2.24) is 0 Å². The summed E-state index contributed by atoms with van der Waals surface area (Å²) in [6.07, 6.45) is 4.41. The van der Waals surface area contributed by atoms with Crippen LogP contribution in [0.5, 0.6) is 0 Å². The Hall–Kier alpha value is -1.54. The summed E-state index contributed by atoms with van der Waals surface area (Å²) in [5.74, 6) is 0.401. The van der Waals surface area contributed by atoms with Gasteiger partial charge in [-0.3, -0.25) is 0 Å². The third-order valence-corrected chi connectivity index (χ3v) is 4.52. The van der Waals surface area contributed by atoms with Crippen molar-refractivity contribution in [3.8, 4) is 0 Å². The highest BCUT2D eigenvalue weighted by atomic mass is 35.5. The van der Waals surface area contributed by atoms with E-state index in [0.29, 0.717) is 22.7 Å². The average molecular weight is 304 g/mol. The van der Waals surface area contributed by atoms with Gasteiger partial charge in [-0.1, -0.05) is 41.9 Å². The van der Waals surface area contributed by atoms with Crippen LogP contribution in [0.4, 0.5) is 10.1 Å². The van der Waals surface area contributed by atoms with Gasteiger partial charge in [-0.2, -0.15) is 0 Å². The van der Waals surface area contributed by atoms with Crippen molar-refractivity contribution in [2.75, 3.05) is 5.32 Å². The molecule has 0 radical (unpaired) electrons. The second kappa shape index (κ2) is 6.48. The van der Waals surface area contributed by atoms with E-state index in [4.69, 9.17) is 11.6 Å². The molecular formula is C18H19ClFN. The fraction of sp³-hybridized carbons (Fsp3) is 0.333. The van der Waals surface area contributed by atoms with Gasteiger partial charge in [-0.05, 0) is 55.4 Å². The van der Waals surface area contributed by atoms with Crippen LogP contribution in [0.25, 0.3) is 0 Å². The van der Waals surface area contributed by atoms with E-state index in [9.17, 15) is 4.39 Å². The molecule has 0 heterocycles. The summed E-state index contributed by atoms with van der Waals surface area (Å²) in [7, 11) is 0. The summed E-state index contributed by atoms with van der Waals surface area (Å²) >= 11 is 5.93. The Morgan fingerprint density at radius 1 is 0.952 bits per heavy atom. The van der Waals surface area contributed by atoms with Gasteiger partial charge < -0.3 is 5.32 Å². The first kappa shape index (κ1) is 14.4. The van der Waals surface area contributed by atoms with Gasteiger partial charge in [-0.15, -0.1) is 0 Å². The molecule has 21 heavy (non-hydrogen) atoms. The molecule has 1 aliphatic rings. The third kappa shape index (κ3) is 3.56. The largest absolute Gasteiger partial charge is 0.380 e. The quantitative estimate of drug-likeness (QED) is 0.776. The lowest BCUT2D eigenvalue weighted by Crippen LogP contribution is -2.25. The number of nitrogens with one attached hydrogen (secondary N) is 1. The minimum absolute atomic E-state index is 0.232. The highest BCUT2D eigenvalue weighted by Crippen LogP contribution is 2.34. The molecule has 1 N–H and O–H groups in total. The molecule has 1 aliphatic carbocycles.